The normalized spacial score (nSPS) is 15.0. The third-order valence-corrected chi connectivity index (χ3v) is 5.30. The Morgan fingerprint density at radius 3 is 2.58 bits per heavy atom. The minimum Gasteiger partial charge on any atom is -0.508 e. The first-order valence-corrected chi connectivity index (χ1v) is 9.87. The highest BCUT2D eigenvalue weighted by Crippen LogP contribution is 2.22. The number of nitrogens with two attached hydrogens (primary N) is 1. The molecular weight excluding hydrogens is 396 g/mol. The van der Waals surface area contributed by atoms with Crippen molar-refractivity contribution in [3.05, 3.63) is 92.0 Å². The number of H-pyrrole nitrogens is 2. The second-order valence-corrected chi connectivity index (χ2v) is 7.42. The van der Waals surface area contributed by atoms with E-state index in [2.05, 4.69) is 15.2 Å². The number of allylic oxidation sites excluding steroid dienone is 1. The van der Waals surface area contributed by atoms with Crippen LogP contribution in [0.15, 0.2) is 64.0 Å². The molecule has 1 atom stereocenters. The van der Waals surface area contributed by atoms with Gasteiger partial charge in [-0.15, -0.1) is 0 Å². The molecule has 8 heteroatoms. The predicted octanol–water partition coefficient (Wildman–Crippen LogP) is 0.821. The lowest BCUT2D eigenvalue weighted by atomic mass is 10.00. The quantitative estimate of drug-likeness (QED) is 0.386. The molecule has 1 aliphatic heterocycles. The SMILES string of the molecule is NC(CC1=c2ccccc2=NC1=Cc1c(CCc2ccc(O)cc2)[nH][nH]c1=O)C(=O)O. The summed E-state index contributed by atoms with van der Waals surface area (Å²) in [6.45, 7) is 0. The Labute approximate surface area is 177 Å². The highest BCUT2D eigenvalue weighted by molar-refractivity contribution is 5.81. The summed E-state index contributed by atoms with van der Waals surface area (Å²) in [5.74, 6) is -0.889. The van der Waals surface area contributed by atoms with Gasteiger partial charge in [-0.05, 0) is 48.3 Å². The largest absolute Gasteiger partial charge is 0.508 e. The number of para-hydroxylation sites is 1. The zero-order chi connectivity index (χ0) is 22.0. The van der Waals surface area contributed by atoms with Crippen LogP contribution in [0.3, 0.4) is 0 Å². The lowest BCUT2D eigenvalue weighted by Gasteiger charge is -2.09. The van der Waals surface area contributed by atoms with Crippen molar-refractivity contribution in [3.8, 4) is 5.75 Å². The number of fused-ring (bicyclic) bond motifs is 1. The third-order valence-electron chi connectivity index (χ3n) is 5.30. The zero-order valence-corrected chi connectivity index (χ0v) is 16.6. The molecule has 8 nitrogen and oxygen atoms in total. The summed E-state index contributed by atoms with van der Waals surface area (Å²) in [6.07, 6.45) is 3.03. The van der Waals surface area contributed by atoms with Gasteiger partial charge in [0.05, 0.1) is 16.6 Å². The molecule has 0 aliphatic carbocycles. The number of nitrogens with zero attached hydrogens (tertiary/aromatic N) is 1. The molecule has 0 saturated carbocycles. The van der Waals surface area contributed by atoms with Gasteiger partial charge in [-0.3, -0.25) is 14.7 Å². The van der Waals surface area contributed by atoms with E-state index in [0.717, 1.165) is 21.8 Å². The van der Waals surface area contributed by atoms with Crippen LogP contribution in [-0.2, 0) is 17.6 Å². The number of carbonyl (C=O) groups is 1. The van der Waals surface area contributed by atoms with E-state index in [9.17, 15) is 19.8 Å². The van der Waals surface area contributed by atoms with Crippen molar-refractivity contribution in [1.29, 1.82) is 0 Å². The number of phenolic OH excluding ortho intramolecular Hbond substituents is 1. The fraction of sp³-hybridized carbons (Fsp3) is 0.174. The maximum atomic E-state index is 12.5. The Kier molecular flexibility index (Phi) is 5.55. The number of aromatic amines is 2. The number of hydrogen-bond acceptors (Lipinski definition) is 5. The van der Waals surface area contributed by atoms with Crippen molar-refractivity contribution in [2.45, 2.75) is 25.3 Å². The van der Waals surface area contributed by atoms with E-state index in [1.807, 2.05) is 36.4 Å². The first-order valence-electron chi connectivity index (χ1n) is 9.87. The first kappa shape index (κ1) is 20.4. The van der Waals surface area contributed by atoms with Crippen molar-refractivity contribution in [2.24, 2.45) is 10.7 Å². The lowest BCUT2D eigenvalue weighted by molar-refractivity contribution is -0.138. The molecule has 3 aromatic rings. The van der Waals surface area contributed by atoms with E-state index in [1.54, 1.807) is 18.2 Å². The summed E-state index contributed by atoms with van der Waals surface area (Å²) < 4.78 is 0. The van der Waals surface area contributed by atoms with Gasteiger partial charge in [-0.1, -0.05) is 30.3 Å². The highest BCUT2D eigenvalue weighted by Gasteiger charge is 2.21. The number of carboxylic acids is 1. The van der Waals surface area contributed by atoms with Crippen LogP contribution in [0.1, 0.15) is 23.2 Å². The van der Waals surface area contributed by atoms with Crippen LogP contribution in [0.5, 0.6) is 5.75 Å². The second kappa shape index (κ2) is 8.45. The summed E-state index contributed by atoms with van der Waals surface area (Å²) >= 11 is 0. The third kappa shape index (κ3) is 4.34. The van der Waals surface area contributed by atoms with Crippen LogP contribution in [0.2, 0.25) is 0 Å². The molecule has 31 heavy (non-hydrogen) atoms. The van der Waals surface area contributed by atoms with Gasteiger partial charge in [-0.25, -0.2) is 4.99 Å². The van der Waals surface area contributed by atoms with Crippen molar-refractivity contribution in [3.63, 3.8) is 0 Å². The van der Waals surface area contributed by atoms with E-state index in [0.29, 0.717) is 29.7 Å². The van der Waals surface area contributed by atoms with Crippen molar-refractivity contribution in [1.82, 2.24) is 10.2 Å². The number of benzene rings is 2. The number of carboxylic acid groups (broad SMARTS) is 1. The van der Waals surface area contributed by atoms with Gasteiger partial charge in [0.15, 0.2) is 0 Å². The fourth-order valence-corrected chi connectivity index (χ4v) is 3.63. The van der Waals surface area contributed by atoms with E-state index in [-0.39, 0.29) is 17.7 Å². The number of nitrogens with one attached hydrogen (secondary N) is 2. The maximum absolute atomic E-state index is 12.5. The van der Waals surface area contributed by atoms with Crippen molar-refractivity contribution in [2.75, 3.05) is 0 Å². The second-order valence-electron chi connectivity index (χ2n) is 7.42. The molecule has 0 spiro atoms. The molecule has 0 saturated heterocycles. The van der Waals surface area contributed by atoms with Crippen LogP contribution < -0.4 is 21.9 Å². The molecule has 0 radical (unpaired) electrons. The summed E-state index contributed by atoms with van der Waals surface area (Å²) in [7, 11) is 0. The molecule has 1 aliphatic rings. The molecule has 158 valence electrons. The predicted molar refractivity (Wildman–Crippen MR) is 116 cm³/mol. The summed E-state index contributed by atoms with van der Waals surface area (Å²) in [4.78, 5) is 28.4. The molecule has 0 amide bonds. The van der Waals surface area contributed by atoms with Gasteiger partial charge >= 0.3 is 5.97 Å². The van der Waals surface area contributed by atoms with E-state index >= 15 is 0 Å². The fourth-order valence-electron chi connectivity index (χ4n) is 3.63. The van der Waals surface area contributed by atoms with Crippen molar-refractivity contribution < 1.29 is 15.0 Å². The van der Waals surface area contributed by atoms with Gasteiger partial charge in [0.2, 0.25) is 0 Å². The highest BCUT2D eigenvalue weighted by atomic mass is 16.4. The number of aliphatic carboxylic acids is 1. The van der Waals surface area contributed by atoms with Crippen LogP contribution in [-0.4, -0.2) is 32.4 Å². The molecule has 2 aromatic carbocycles. The standard InChI is InChI=1S/C23H22N4O4/c24-18(23(30)31)11-16-15-3-1-2-4-19(15)25-21(16)12-17-20(26-27-22(17)29)10-7-13-5-8-14(28)9-6-13/h1-6,8-9,12,18,28H,7,10-11,24H2,(H,30,31)(H2,26,27,29). The molecule has 6 N–H and O–H groups in total. The summed E-state index contributed by atoms with van der Waals surface area (Å²) in [6, 6.07) is 13.3. The number of rotatable bonds is 7. The van der Waals surface area contributed by atoms with Crippen LogP contribution in [0.4, 0.5) is 0 Å². The molecule has 0 fully saturated rings. The number of aromatic hydroxyl groups is 1. The van der Waals surface area contributed by atoms with Gasteiger partial charge in [0.25, 0.3) is 5.56 Å². The number of hydrogen-bond donors (Lipinski definition) is 5. The zero-order valence-electron chi connectivity index (χ0n) is 16.6. The topological polar surface area (TPSA) is 145 Å². The molecule has 1 aromatic heterocycles. The number of aryl methyl sites for hydroxylation is 2. The van der Waals surface area contributed by atoms with E-state index in [4.69, 9.17) is 5.73 Å². The summed E-state index contributed by atoms with van der Waals surface area (Å²) in [5.41, 5.74) is 8.95. The number of aromatic nitrogens is 2. The van der Waals surface area contributed by atoms with Gasteiger partial charge in [0.1, 0.15) is 11.8 Å². The Hall–Kier alpha value is -3.91. The minimum absolute atomic E-state index is 0.104. The van der Waals surface area contributed by atoms with Crippen LogP contribution >= 0.6 is 0 Å². The van der Waals surface area contributed by atoms with Gasteiger partial charge in [-0.2, -0.15) is 0 Å². The van der Waals surface area contributed by atoms with E-state index < -0.39 is 12.0 Å². The number of phenols is 1. The first-order chi connectivity index (χ1) is 14.9. The maximum Gasteiger partial charge on any atom is 0.320 e. The Bertz CT molecular complexity index is 1330. The van der Waals surface area contributed by atoms with Crippen LogP contribution in [0, 0.1) is 0 Å². The Balaban J connectivity index is 1.68. The Morgan fingerprint density at radius 2 is 1.84 bits per heavy atom. The lowest BCUT2D eigenvalue weighted by Crippen LogP contribution is -2.32. The molecule has 4 rings (SSSR count). The average Bonchev–Trinajstić information content (AvgIpc) is 3.28. The summed E-state index contributed by atoms with van der Waals surface area (Å²) in [5, 5.41) is 25.8. The monoisotopic (exact) mass is 418 g/mol. The molecule has 2 heterocycles. The molecule has 0 bridgehead atoms. The van der Waals surface area contributed by atoms with Crippen LogP contribution in [0.25, 0.3) is 11.6 Å². The van der Waals surface area contributed by atoms with Gasteiger partial charge in [0, 0.05) is 17.3 Å². The average molecular weight is 418 g/mol. The Morgan fingerprint density at radius 1 is 1.10 bits per heavy atom. The smallest absolute Gasteiger partial charge is 0.320 e. The molecule has 1 unspecified atom stereocenters. The minimum atomic E-state index is -1.09. The van der Waals surface area contributed by atoms with Crippen molar-refractivity contribution >= 4 is 17.6 Å². The molecular formula is C23H22N4O4. The van der Waals surface area contributed by atoms with Gasteiger partial charge < -0.3 is 21.0 Å². The van der Waals surface area contributed by atoms with E-state index in [1.165, 1.54) is 0 Å².